The Labute approximate surface area is 173 Å². The van der Waals surface area contributed by atoms with Gasteiger partial charge in [-0.2, -0.15) is 0 Å². The van der Waals surface area contributed by atoms with Crippen molar-refractivity contribution in [1.29, 1.82) is 0 Å². The number of furan rings is 1. The van der Waals surface area contributed by atoms with Gasteiger partial charge >= 0.3 is 5.82 Å². The van der Waals surface area contributed by atoms with Gasteiger partial charge in [-0.15, -0.1) is 0 Å². The number of rotatable bonds is 6. The van der Waals surface area contributed by atoms with Crippen LogP contribution in [0.25, 0.3) is 0 Å². The zero-order valence-electron chi connectivity index (χ0n) is 17.5. The van der Waals surface area contributed by atoms with Crippen LogP contribution in [-0.2, 0) is 0 Å². The van der Waals surface area contributed by atoms with E-state index in [4.69, 9.17) is 9.05 Å². The van der Waals surface area contributed by atoms with Crippen LogP contribution in [-0.4, -0.2) is 35.2 Å². The quantitative estimate of drug-likeness (QED) is 0.413. The van der Waals surface area contributed by atoms with Gasteiger partial charge in [0.1, 0.15) is 11.4 Å². The fourth-order valence-corrected chi connectivity index (χ4v) is 2.94. The Morgan fingerprint density at radius 1 is 1.27 bits per heavy atom. The van der Waals surface area contributed by atoms with Gasteiger partial charge in [-0.25, -0.2) is 0 Å². The van der Waals surface area contributed by atoms with Crippen molar-refractivity contribution in [2.75, 3.05) is 24.7 Å². The average Bonchev–Trinajstić information content (AvgIpc) is 3.31. The average molecular weight is 415 g/mol. The van der Waals surface area contributed by atoms with E-state index in [1.54, 1.807) is 32.5 Å². The minimum Gasteiger partial charge on any atom is -0.504 e. The summed E-state index contributed by atoms with van der Waals surface area (Å²) in [5.41, 5.74) is -0.0393. The van der Waals surface area contributed by atoms with E-state index in [0.29, 0.717) is 5.76 Å². The van der Waals surface area contributed by atoms with E-state index in [0.717, 1.165) is 0 Å². The maximum Gasteiger partial charge on any atom is 0.324 e. The second-order valence-corrected chi connectivity index (χ2v) is 8.11. The molecule has 0 saturated heterocycles. The predicted molar refractivity (Wildman–Crippen MR) is 109 cm³/mol. The summed E-state index contributed by atoms with van der Waals surface area (Å²) in [6.45, 7) is 6.02. The monoisotopic (exact) mass is 415 g/mol. The number of benzene rings is 1. The third-order valence-electron chi connectivity index (χ3n) is 4.51. The van der Waals surface area contributed by atoms with Crippen molar-refractivity contribution in [3.63, 3.8) is 0 Å². The maximum absolute atomic E-state index is 12.3. The Bertz CT molecular complexity index is 1020. The SMILES string of the molecule is CN(C)C(=O)c1cccc(Nc2c(N[C@@H](c3ccco3)C(C)(C)C)no[n+]2[O-])c1O. The van der Waals surface area contributed by atoms with Crippen molar-refractivity contribution >= 4 is 23.2 Å². The molecule has 160 valence electrons. The summed E-state index contributed by atoms with van der Waals surface area (Å²) in [6.07, 6.45) is 1.57. The lowest BCUT2D eigenvalue weighted by molar-refractivity contribution is -0.790. The van der Waals surface area contributed by atoms with E-state index in [2.05, 4.69) is 15.8 Å². The molecule has 3 aromatic rings. The van der Waals surface area contributed by atoms with E-state index in [-0.39, 0.29) is 50.9 Å². The fraction of sp³-hybridized carbons (Fsp3) is 0.350. The first-order valence-corrected chi connectivity index (χ1v) is 9.30. The highest BCUT2D eigenvalue weighted by molar-refractivity contribution is 5.98. The molecule has 0 spiro atoms. The van der Waals surface area contributed by atoms with E-state index >= 15 is 0 Å². The second kappa shape index (κ2) is 7.97. The summed E-state index contributed by atoms with van der Waals surface area (Å²) in [5, 5.41) is 32.5. The number of carbonyl (C=O) groups excluding carboxylic acids is 1. The smallest absolute Gasteiger partial charge is 0.324 e. The van der Waals surface area contributed by atoms with Gasteiger partial charge in [0.05, 0.1) is 17.9 Å². The summed E-state index contributed by atoms with van der Waals surface area (Å²) in [4.78, 5) is 13.8. The number of phenolic OH excluding ortho intramolecular Hbond substituents is 1. The van der Waals surface area contributed by atoms with Gasteiger partial charge in [0.2, 0.25) is 0 Å². The van der Waals surface area contributed by atoms with Crippen molar-refractivity contribution < 1.29 is 23.9 Å². The molecule has 0 aliphatic carbocycles. The van der Waals surface area contributed by atoms with Gasteiger partial charge in [0, 0.05) is 14.1 Å². The van der Waals surface area contributed by atoms with Crippen LogP contribution in [0.15, 0.2) is 45.6 Å². The molecule has 10 heteroatoms. The topological polar surface area (TPSA) is 131 Å². The number of carbonyl (C=O) groups is 1. The summed E-state index contributed by atoms with van der Waals surface area (Å²) in [7, 11) is 3.16. The summed E-state index contributed by atoms with van der Waals surface area (Å²) in [6, 6.07) is 7.89. The van der Waals surface area contributed by atoms with Crippen LogP contribution in [0.2, 0.25) is 0 Å². The van der Waals surface area contributed by atoms with Crippen molar-refractivity contribution in [1.82, 2.24) is 10.1 Å². The lowest BCUT2D eigenvalue weighted by atomic mass is 9.85. The van der Waals surface area contributed by atoms with Gasteiger partial charge in [0.25, 0.3) is 11.7 Å². The van der Waals surface area contributed by atoms with Crippen LogP contribution in [0.1, 0.15) is 42.9 Å². The van der Waals surface area contributed by atoms with Crippen LogP contribution in [0.5, 0.6) is 5.75 Å². The highest BCUT2D eigenvalue weighted by Gasteiger charge is 2.33. The maximum atomic E-state index is 12.3. The molecule has 1 amide bonds. The molecule has 1 aromatic carbocycles. The number of anilines is 3. The largest absolute Gasteiger partial charge is 0.504 e. The molecule has 0 fully saturated rings. The minimum absolute atomic E-state index is 0.0689. The molecule has 2 heterocycles. The van der Waals surface area contributed by atoms with Crippen LogP contribution >= 0.6 is 0 Å². The molecule has 0 bridgehead atoms. The number of hydrogen-bond acceptors (Lipinski definition) is 8. The summed E-state index contributed by atoms with van der Waals surface area (Å²) >= 11 is 0. The third-order valence-corrected chi connectivity index (χ3v) is 4.51. The van der Waals surface area contributed by atoms with E-state index in [1.807, 2.05) is 26.8 Å². The van der Waals surface area contributed by atoms with Crippen molar-refractivity contribution in [2.24, 2.45) is 5.41 Å². The molecule has 0 aliphatic rings. The van der Waals surface area contributed by atoms with Crippen molar-refractivity contribution in [2.45, 2.75) is 26.8 Å². The minimum atomic E-state index is -0.375. The number of phenols is 1. The molecule has 3 N–H and O–H groups in total. The Morgan fingerprint density at radius 3 is 2.60 bits per heavy atom. The first-order valence-electron chi connectivity index (χ1n) is 9.30. The molecule has 0 saturated carbocycles. The third kappa shape index (κ3) is 4.17. The molecule has 30 heavy (non-hydrogen) atoms. The lowest BCUT2D eigenvalue weighted by Crippen LogP contribution is -2.29. The van der Waals surface area contributed by atoms with E-state index in [9.17, 15) is 15.1 Å². The molecular weight excluding hydrogens is 390 g/mol. The first kappa shape index (κ1) is 21.0. The standard InChI is InChI=1S/C20H25N5O5/c1-20(2,3)16(14-10-7-11-29-14)22-17-18(25(28)30-23-17)21-13-9-6-8-12(15(13)26)19(27)24(4)5/h6-11,16,21,26H,1-5H3,(H,22,23)/t16-/m0/s1. The number of para-hydroxylation sites is 1. The second-order valence-electron chi connectivity index (χ2n) is 8.11. The molecule has 0 unspecified atom stereocenters. The summed E-state index contributed by atoms with van der Waals surface area (Å²) < 4.78 is 10.3. The molecular formula is C20H25N5O5. The van der Waals surface area contributed by atoms with Gasteiger partial charge in [-0.05, 0) is 34.8 Å². The molecule has 10 nitrogen and oxygen atoms in total. The van der Waals surface area contributed by atoms with Crippen molar-refractivity contribution in [3.05, 3.63) is 53.1 Å². The first-order chi connectivity index (χ1) is 14.1. The Hall–Kier alpha value is -3.69. The van der Waals surface area contributed by atoms with Crippen molar-refractivity contribution in [3.8, 4) is 5.75 Å². The Morgan fingerprint density at radius 2 is 2.00 bits per heavy atom. The highest BCUT2D eigenvalue weighted by Crippen LogP contribution is 2.38. The van der Waals surface area contributed by atoms with Crippen LogP contribution in [0.4, 0.5) is 17.3 Å². The number of nitrogens with one attached hydrogen (secondary N) is 2. The molecule has 2 aromatic heterocycles. The normalized spacial score (nSPS) is 12.4. The number of amides is 1. The van der Waals surface area contributed by atoms with Crippen LogP contribution < -0.4 is 15.5 Å². The zero-order valence-corrected chi connectivity index (χ0v) is 17.5. The van der Waals surface area contributed by atoms with Gasteiger partial charge in [0.15, 0.2) is 5.75 Å². The van der Waals surface area contributed by atoms with Crippen LogP contribution in [0, 0.1) is 10.6 Å². The number of nitrogens with zero attached hydrogens (tertiary/aromatic N) is 3. The molecule has 3 rings (SSSR count). The Balaban J connectivity index is 1.94. The highest BCUT2D eigenvalue weighted by atomic mass is 16.8. The summed E-state index contributed by atoms with van der Waals surface area (Å²) in [5.74, 6) is 0.0585. The van der Waals surface area contributed by atoms with Crippen LogP contribution in [0.3, 0.4) is 0 Å². The van der Waals surface area contributed by atoms with Gasteiger partial charge in [-0.1, -0.05) is 31.7 Å². The Kier molecular flexibility index (Phi) is 5.59. The lowest BCUT2D eigenvalue weighted by Gasteiger charge is -2.29. The number of aromatic hydroxyl groups is 1. The number of aromatic nitrogens is 2. The van der Waals surface area contributed by atoms with Gasteiger partial charge in [-0.3, -0.25) is 10.1 Å². The fourth-order valence-electron chi connectivity index (χ4n) is 2.94. The van der Waals surface area contributed by atoms with Gasteiger partial charge < -0.3 is 29.6 Å². The predicted octanol–water partition coefficient (Wildman–Crippen LogP) is 3.25. The van der Waals surface area contributed by atoms with E-state index in [1.165, 1.54) is 17.0 Å². The number of hydrogen-bond donors (Lipinski definition) is 3. The zero-order chi connectivity index (χ0) is 22.1. The molecule has 0 radical (unpaired) electrons. The molecule has 1 atom stereocenters. The molecule has 0 aliphatic heterocycles. The van der Waals surface area contributed by atoms with E-state index < -0.39 is 0 Å².